The lowest BCUT2D eigenvalue weighted by Crippen LogP contribution is -2.14. The number of rotatable bonds is 5. The van der Waals surface area contributed by atoms with Crippen LogP contribution < -0.4 is 15.5 Å². The van der Waals surface area contributed by atoms with Crippen molar-refractivity contribution in [3.05, 3.63) is 77.0 Å². The van der Waals surface area contributed by atoms with E-state index in [0.717, 1.165) is 41.9 Å². The number of nitrogens with zero attached hydrogens (tertiary/aromatic N) is 1. The Kier molecular flexibility index (Phi) is 5.52. The first-order chi connectivity index (χ1) is 14.5. The molecule has 0 atom stereocenters. The Balaban J connectivity index is 1.56. The van der Waals surface area contributed by atoms with E-state index in [0.29, 0.717) is 17.1 Å². The number of fused-ring (bicyclic) bond motifs is 1. The molecule has 0 saturated heterocycles. The molecular weight excluding hydrogens is 385 g/mol. The minimum atomic E-state index is -0.307. The maximum absolute atomic E-state index is 13.1. The summed E-state index contributed by atoms with van der Waals surface area (Å²) in [5, 5.41) is 7.36. The van der Waals surface area contributed by atoms with Gasteiger partial charge in [-0.05, 0) is 68.3 Å². The Morgan fingerprint density at radius 1 is 1.07 bits per heavy atom. The highest BCUT2D eigenvalue weighted by Crippen LogP contribution is 2.30. The van der Waals surface area contributed by atoms with Crippen LogP contribution in [0.1, 0.15) is 40.3 Å². The molecule has 1 aromatic heterocycles. The maximum Gasteiger partial charge on any atom is 0.291 e. The third kappa shape index (κ3) is 4.05. The van der Waals surface area contributed by atoms with Crippen molar-refractivity contribution >= 4 is 23.0 Å². The molecule has 0 spiro atoms. The molecule has 30 heavy (non-hydrogen) atoms. The second-order valence-electron chi connectivity index (χ2n) is 7.07. The highest BCUT2D eigenvalue weighted by atomic mass is 19.1. The van der Waals surface area contributed by atoms with Crippen LogP contribution in [0.3, 0.4) is 0 Å². The van der Waals surface area contributed by atoms with Gasteiger partial charge in [-0.2, -0.15) is 5.10 Å². The molecule has 4 rings (SSSR count). The van der Waals surface area contributed by atoms with E-state index in [1.807, 2.05) is 6.92 Å². The number of hydrogen-bond donors (Lipinski definition) is 2. The fraction of sp³-hybridized carbons (Fsp3) is 0.217. The van der Waals surface area contributed by atoms with Crippen LogP contribution in [-0.2, 0) is 6.42 Å². The van der Waals surface area contributed by atoms with Crippen LogP contribution in [0.5, 0.6) is 5.75 Å². The van der Waals surface area contributed by atoms with Crippen LogP contribution in [0.25, 0.3) is 0 Å². The van der Waals surface area contributed by atoms with Gasteiger partial charge in [0.05, 0.1) is 18.5 Å². The molecule has 0 radical (unpaired) electrons. The standard InChI is InChI=1S/C23H22FN3O3/c1-14-21-19(27-26-17-8-6-15(24)7-9-17)4-3-5-20(21)30-22(14)23(28)25-16-10-12-18(29-2)13-11-16/h6-13,26H,3-5H2,1-2H3,(H,25,28)/b27-19+. The molecule has 1 aliphatic rings. The predicted octanol–water partition coefficient (Wildman–Crippen LogP) is 5.14. The van der Waals surface area contributed by atoms with Gasteiger partial charge in [0.15, 0.2) is 5.76 Å². The van der Waals surface area contributed by atoms with Crippen LogP contribution in [-0.4, -0.2) is 18.7 Å². The van der Waals surface area contributed by atoms with E-state index in [1.54, 1.807) is 43.5 Å². The van der Waals surface area contributed by atoms with Gasteiger partial charge in [-0.1, -0.05) is 0 Å². The minimum absolute atomic E-state index is 0.284. The maximum atomic E-state index is 13.1. The Morgan fingerprint density at radius 2 is 1.77 bits per heavy atom. The van der Waals surface area contributed by atoms with Gasteiger partial charge in [-0.3, -0.25) is 10.2 Å². The van der Waals surface area contributed by atoms with Crippen LogP contribution >= 0.6 is 0 Å². The number of benzene rings is 2. The summed E-state index contributed by atoms with van der Waals surface area (Å²) in [6.07, 6.45) is 2.39. The average Bonchev–Trinajstić information content (AvgIpc) is 3.11. The molecule has 6 nitrogen and oxygen atoms in total. The SMILES string of the molecule is COc1ccc(NC(=O)c2oc3c(c2C)/C(=N/Nc2ccc(F)cc2)CCC3)cc1. The first kappa shape index (κ1) is 19.7. The number of carbonyl (C=O) groups excluding carboxylic acids is 1. The first-order valence-corrected chi connectivity index (χ1v) is 9.71. The summed E-state index contributed by atoms with van der Waals surface area (Å²) in [5.74, 6) is 1.15. The van der Waals surface area contributed by atoms with Crippen molar-refractivity contribution in [1.82, 2.24) is 0 Å². The van der Waals surface area contributed by atoms with Gasteiger partial charge in [0.1, 0.15) is 17.3 Å². The molecule has 0 bridgehead atoms. The van der Waals surface area contributed by atoms with Gasteiger partial charge in [-0.25, -0.2) is 4.39 Å². The summed E-state index contributed by atoms with van der Waals surface area (Å²) in [6.45, 7) is 1.87. The molecule has 0 saturated carbocycles. The van der Waals surface area contributed by atoms with Gasteiger partial charge < -0.3 is 14.5 Å². The first-order valence-electron chi connectivity index (χ1n) is 9.71. The number of amides is 1. The fourth-order valence-corrected chi connectivity index (χ4v) is 3.52. The van der Waals surface area contributed by atoms with E-state index in [2.05, 4.69) is 15.8 Å². The quantitative estimate of drug-likeness (QED) is 0.574. The lowest BCUT2D eigenvalue weighted by molar-refractivity contribution is 0.0994. The number of hydrazone groups is 1. The molecule has 2 aromatic carbocycles. The van der Waals surface area contributed by atoms with Crippen LogP contribution in [0, 0.1) is 12.7 Å². The zero-order chi connectivity index (χ0) is 21.1. The van der Waals surface area contributed by atoms with Gasteiger partial charge in [0, 0.05) is 23.2 Å². The van der Waals surface area contributed by atoms with E-state index in [4.69, 9.17) is 9.15 Å². The number of furan rings is 1. The Morgan fingerprint density at radius 3 is 2.47 bits per heavy atom. The van der Waals surface area contributed by atoms with Crippen molar-refractivity contribution in [1.29, 1.82) is 0 Å². The lowest BCUT2D eigenvalue weighted by atomic mass is 9.93. The van der Waals surface area contributed by atoms with Crippen LogP contribution in [0.2, 0.25) is 0 Å². The summed E-state index contributed by atoms with van der Waals surface area (Å²) in [5.41, 5.74) is 6.76. The molecule has 2 N–H and O–H groups in total. The summed E-state index contributed by atoms with van der Waals surface area (Å²) < 4.78 is 24.1. The van der Waals surface area contributed by atoms with Gasteiger partial charge in [0.2, 0.25) is 0 Å². The Bertz CT molecular complexity index is 1090. The zero-order valence-corrected chi connectivity index (χ0v) is 16.8. The van der Waals surface area contributed by atoms with Gasteiger partial charge >= 0.3 is 0 Å². The highest BCUT2D eigenvalue weighted by Gasteiger charge is 2.28. The van der Waals surface area contributed by atoms with Crippen molar-refractivity contribution in [2.75, 3.05) is 17.9 Å². The number of halogens is 1. The van der Waals surface area contributed by atoms with Gasteiger partial charge in [0.25, 0.3) is 5.91 Å². The second-order valence-corrected chi connectivity index (χ2v) is 7.07. The van der Waals surface area contributed by atoms with Crippen molar-refractivity contribution in [2.24, 2.45) is 5.10 Å². The van der Waals surface area contributed by atoms with Crippen molar-refractivity contribution in [3.8, 4) is 5.75 Å². The number of hydrogen-bond acceptors (Lipinski definition) is 5. The van der Waals surface area contributed by atoms with Crippen molar-refractivity contribution in [3.63, 3.8) is 0 Å². The third-order valence-electron chi connectivity index (χ3n) is 5.04. The minimum Gasteiger partial charge on any atom is -0.497 e. The molecule has 0 unspecified atom stereocenters. The van der Waals surface area contributed by atoms with Crippen LogP contribution in [0.4, 0.5) is 15.8 Å². The average molecular weight is 407 g/mol. The van der Waals surface area contributed by atoms with Crippen molar-refractivity contribution < 1.29 is 18.3 Å². The number of methoxy groups -OCH3 is 1. The predicted molar refractivity (Wildman–Crippen MR) is 114 cm³/mol. The Hall–Kier alpha value is -3.61. The summed E-state index contributed by atoms with van der Waals surface area (Å²) in [4.78, 5) is 12.8. The topological polar surface area (TPSA) is 75.9 Å². The van der Waals surface area contributed by atoms with Gasteiger partial charge in [-0.15, -0.1) is 0 Å². The molecule has 7 heteroatoms. The van der Waals surface area contributed by atoms with E-state index >= 15 is 0 Å². The van der Waals surface area contributed by atoms with E-state index < -0.39 is 0 Å². The summed E-state index contributed by atoms with van der Waals surface area (Å²) in [6, 6.07) is 13.1. The fourth-order valence-electron chi connectivity index (χ4n) is 3.52. The lowest BCUT2D eigenvalue weighted by Gasteiger charge is -2.13. The largest absolute Gasteiger partial charge is 0.497 e. The van der Waals surface area contributed by atoms with Crippen molar-refractivity contribution in [2.45, 2.75) is 26.2 Å². The van der Waals surface area contributed by atoms with E-state index in [1.165, 1.54) is 12.1 Å². The highest BCUT2D eigenvalue weighted by molar-refractivity contribution is 6.09. The second kappa shape index (κ2) is 8.41. The Labute approximate surface area is 173 Å². The zero-order valence-electron chi connectivity index (χ0n) is 16.8. The molecule has 0 aliphatic heterocycles. The molecule has 1 amide bonds. The third-order valence-corrected chi connectivity index (χ3v) is 5.04. The van der Waals surface area contributed by atoms with E-state index in [-0.39, 0.29) is 17.5 Å². The number of ether oxygens (including phenoxy) is 1. The molecule has 1 heterocycles. The normalized spacial score (nSPS) is 14.3. The number of anilines is 2. The number of nitrogens with one attached hydrogen (secondary N) is 2. The summed E-state index contributed by atoms with van der Waals surface area (Å²) in [7, 11) is 1.59. The summed E-state index contributed by atoms with van der Waals surface area (Å²) >= 11 is 0. The molecule has 154 valence electrons. The number of aryl methyl sites for hydroxylation is 1. The van der Waals surface area contributed by atoms with E-state index in [9.17, 15) is 9.18 Å². The number of carbonyl (C=O) groups is 1. The molecule has 3 aromatic rings. The molecule has 1 aliphatic carbocycles. The smallest absolute Gasteiger partial charge is 0.291 e. The van der Waals surface area contributed by atoms with Crippen LogP contribution in [0.15, 0.2) is 58.0 Å². The molecular formula is C23H22FN3O3. The monoisotopic (exact) mass is 407 g/mol. The molecule has 0 fully saturated rings.